The minimum Gasteiger partial charge on any atom is -0.497 e. The number of carboxylic acid groups (broad SMARTS) is 1. The molecule has 1 amide bonds. The van der Waals surface area contributed by atoms with Gasteiger partial charge < -0.3 is 15.2 Å². The molecule has 1 aromatic heterocycles. The standard InChI is InChI=1S/C35H44F2N4O5/c1-19(2)10-30(41-35(45)23(6)12-26(39-41)8-9-40-17-25(36)18-40)34(44)38-29(16-31(42)43)28-15-24(11-22(5)33(28)37)32-20(3)13-27(46-7)14-21(32)4/h11-15,19,25,29-30H,8-10,16-18H2,1-7H3,(H,38,44)(H,42,43)/t29-,30-/m0/s1. The second-order valence-corrected chi connectivity index (χ2v) is 12.8. The Labute approximate surface area is 268 Å². The van der Waals surface area contributed by atoms with E-state index in [9.17, 15) is 23.9 Å². The van der Waals surface area contributed by atoms with Crippen molar-refractivity contribution in [2.45, 2.75) is 79.1 Å². The van der Waals surface area contributed by atoms with Crippen molar-refractivity contribution in [1.82, 2.24) is 20.0 Å². The molecule has 2 atom stereocenters. The molecule has 1 aliphatic heterocycles. The molecule has 0 unspecified atom stereocenters. The summed E-state index contributed by atoms with van der Waals surface area (Å²) in [5, 5.41) is 17.1. The number of aromatic nitrogens is 2. The summed E-state index contributed by atoms with van der Waals surface area (Å²) < 4.78 is 35.7. The molecule has 1 saturated heterocycles. The number of alkyl halides is 1. The minimum atomic E-state index is -1.22. The van der Waals surface area contributed by atoms with Crippen LogP contribution in [0.15, 0.2) is 35.1 Å². The quantitative estimate of drug-likeness (QED) is 0.258. The third-order valence-corrected chi connectivity index (χ3v) is 8.44. The first-order valence-corrected chi connectivity index (χ1v) is 15.6. The summed E-state index contributed by atoms with van der Waals surface area (Å²) in [6, 6.07) is 6.41. The molecule has 1 aliphatic rings. The van der Waals surface area contributed by atoms with Crippen molar-refractivity contribution in [3.63, 3.8) is 0 Å². The Morgan fingerprint density at radius 3 is 2.26 bits per heavy atom. The van der Waals surface area contributed by atoms with Crippen LogP contribution < -0.4 is 15.6 Å². The average Bonchev–Trinajstić information content (AvgIpc) is 2.95. The summed E-state index contributed by atoms with van der Waals surface area (Å²) in [7, 11) is 1.58. The maximum atomic E-state index is 15.8. The lowest BCUT2D eigenvalue weighted by atomic mass is 9.90. The molecule has 1 fully saturated rings. The number of aliphatic carboxylic acids is 1. The van der Waals surface area contributed by atoms with Crippen LogP contribution in [0, 0.1) is 39.4 Å². The summed E-state index contributed by atoms with van der Waals surface area (Å²) in [4.78, 5) is 41.4. The van der Waals surface area contributed by atoms with Crippen LogP contribution >= 0.6 is 0 Å². The molecule has 46 heavy (non-hydrogen) atoms. The summed E-state index contributed by atoms with van der Waals surface area (Å²) in [5.74, 6) is -1.82. The maximum absolute atomic E-state index is 15.8. The lowest BCUT2D eigenvalue weighted by Crippen LogP contribution is -2.49. The van der Waals surface area contributed by atoms with Crippen molar-refractivity contribution >= 4 is 11.9 Å². The topological polar surface area (TPSA) is 114 Å². The Kier molecular flexibility index (Phi) is 11.0. The number of ether oxygens (including phenoxy) is 1. The first kappa shape index (κ1) is 34.7. The Hall–Kier alpha value is -4.12. The molecule has 2 aromatic carbocycles. The van der Waals surface area contributed by atoms with Crippen LogP contribution in [-0.4, -0.2) is 64.6 Å². The third-order valence-electron chi connectivity index (χ3n) is 8.44. The number of rotatable bonds is 13. The van der Waals surface area contributed by atoms with E-state index in [0.717, 1.165) is 21.4 Å². The maximum Gasteiger partial charge on any atom is 0.305 e. The van der Waals surface area contributed by atoms with Gasteiger partial charge in [0.15, 0.2) is 0 Å². The molecule has 0 aliphatic carbocycles. The number of carboxylic acids is 1. The van der Waals surface area contributed by atoms with Crippen molar-refractivity contribution in [3.8, 4) is 16.9 Å². The van der Waals surface area contributed by atoms with Gasteiger partial charge in [0, 0.05) is 37.2 Å². The summed E-state index contributed by atoms with van der Waals surface area (Å²) in [5.41, 5.74) is 4.20. The molecule has 0 saturated carbocycles. The van der Waals surface area contributed by atoms with Crippen molar-refractivity contribution in [1.29, 1.82) is 0 Å². The van der Waals surface area contributed by atoms with Gasteiger partial charge in [-0.2, -0.15) is 5.10 Å². The van der Waals surface area contributed by atoms with Gasteiger partial charge in [-0.05, 0) is 98.2 Å². The predicted molar refractivity (Wildman–Crippen MR) is 173 cm³/mol. The first-order valence-electron chi connectivity index (χ1n) is 15.6. The van der Waals surface area contributed by atoms with Crippen LogP contribution in [-0.2, 0) is 16.0 Å². The van der Waals surface area contributed by atoms with Crippen LogP contribution in [0.3, 0.4) is 0 Å². The molecule has 2 N–H and O–H groups in total. The van der Waals surface area contributed by atoms with Crippen molar-refractivity contribution in [2.24, 2.45) is 5.92 Å². The molecular formula is C35H44F2N4O5. The first-order chi connectivity index (χ1) is 21.7. The largest absolute Gasteiger partial charge is 0.497 e. The Morgan fingerprint density at radius 1 is 1.04 bits per heavy atom. The minimum absolute atomic E-state index is 0.0303. The van der Waals surface area contributed by atoms with Gasteiger partial charge >= 0.3 is 5.97 Å². The summed E-state index contributed by atoms with van der Waals surface area (Å²) >= 11 is 0. The predicted octanol–water partition coefficient (Wildman–Crippen LogP) is 5.41. The Balaban J connectivity index is 1.72. The summed E-state index contributed by atoms with van der Waals surface area (Å²) in [6.45, 7) is 12.2. The number of carbonyl (C=O) groups excluding carboxylic acids is 1. The van der Waals surface area contributed by atoms with Gasteiger partial charge in [0.25, 0.3) is 5.56 Å². The Morgan fingerprint density at radius 2 is 1.70 bits per heavy atom. The zero-order valence-corrected chi connectivity index (χ0v) is 27.6. The number of aryl methyl sites for hydroxylation is 4. The van der Waals surface area contributed by atoms with Gasteiger partial charge in [-0.1, -0.05) is 13.8 Å². The van der Waals surface area contributed by atoms with Crippen LogP contribution in [0.4, 0.5) is 8.78 Å². The highest BCUT2D eigenvalue weighted by molar-refractivity contribution is 5.82. The van der Waals surface area contributed by atoms with Crippen LogP contribution in [0.2, 0.25) is 0 Å². The van der Waals surface area contributed by atoms with E-state index in [1.807, 2.05) is 44.7 Å². The monoisotopic (exact) mass is 638 g/mol. The van der Waals surface area contributed by atoms with E-state index < -0.39 is 47.9 Å². The Bertz CT molecular complexity index is 1640. The average molecular weight is 639 g/mol. The fourth-order valence-electron chi connectivity index (χ4n) is 6.14. The number of carbonyl (C=O) groups is 2. The highest BCUT2D eigenvalue weighted by atomic mass is 19.1. The van der Waals surface area contributed by atoms with E-state index in [4.69, 9.17) is 4.74 Å². The van der Waals surface area contributed by atoms with Crippen LogP contribution in [0.25, 0.3) is 11.1 Å². The number of halogens is 2. The van der Waals surface area contributed by atoms with Gasteiger partial charge in [0.1, 0.15) is 23.8 Å². The van der Waals surface area contributed by atoms with E-state index in [1.54, 1.807) is 39.2 Å². The van der Waals surface area contributed by atoms with Gasteiger partial charge in [0.2, 0.25) is 5.91 Å². The fraction of sp³-hybridized carbons (Fsp3) is 0.486. The van der Waals surface area contributed by atoms with Crippen LogP contribution in [0.1, 0.15) is 72.3 Å². The molecule has 0 radical (unpaired) electrons. The van der Waals surface area contributed by atoms with E-state index in [2.05, 4.69) is 10.4 Å². The molecule has 248 valence electrons. The number of hydrogen-bond acceptors (Lipinski definition) is 6. The number of methoxy groups -OCH3 is 1. The molecule has 0 spiro atoms. The van der Waals surface area contributed by atoms with Gasteiger partial charge in [0.05, 0.1) is 25.3 Å². The third kappa shape index (κ3) is 7.99. The van der Waals surface area contributed by atoms with Crippen LogP contribution in [0.5, 0.6) is 5.75 Å². The van der Waals surface area contributed by atoms with Gasteiger partial charge in [-0.3, -0.25) is 19.3 Å². The van der Waals surface area contributed by atoms with Crippen molar-refractivity contribution in [2.75, 3.05) is 26.7 Å². The highest BCUT2D eigenvalue weighted by Crippen LogP contribution is 2.35. The molecule has 11 heteroatoms. The van der Waals surface area contributed by atoms with E-state index in [1.165, 1.54) is 0 Å². The fourth-order valence-corrected chi connectivity index (χ4v) is 6.14. The van der Waals surface area contributed by atoms with Crippen molar-refractivity contribution < 1.29 is 28.2 Å². The van der Waals surface area contributed by atoms with Crippen molar-refractivity contribution in [3.05, 3.63) is 80.0 Å². The smallest absolute Gasteiger partial charge is 0.305 e. The van der Waals surface area contributed by atoms with Gasteiger partial charge in [-0.25, -0.2) is 13.5 Å². The number of amides is 1. The molecule has 9 nitrogen and oxygen atoms in total. The number of likely N-dealkylation sites (tertiary alicyclic amines) is 1. The molecule has 4 rings (SSSR count). The molecule has 0 bridgehead atoms. The lowest BCUT2D eigenvalue weighted by Gasteiger charge is -2.34. The zero-order chi connectivity index (χ0) is 33.9. The summed E-state index contributed by atoms with van der Waals surface area (Å²) in [6.07, 6.45) is -0.705. The highest BCUT2D eigenvalue weighted by Gasteiger charge is 2.31. The number of nitrogens with zero attached hydrogens (tertiary/aromatic N) is 3. The number of nitrogens with one attached hydrogen (secondary N) is 1. The SMILES string of the molecule is COc1cc(C)c(-c2cc(C)c(F)c([C@H](CC(=O)O)NC(=O)[C@H](CC(C)C)n3nc(CCN4CC(F)C4)cc(C)c3=O)c2)c(C)c1. The number of benzene rings is 2. The second-order valence-electron chi connectivity index (χ2n) is 12.8. The van der Waals surface area contributed by atoms with E-state index in [0.29, 0.717) is 54.2 Å². The molecule has 3 aromatic rings. The lowest BCUT2D eigenvalue weighted by molar-refractivity contribution is -0.138. The van der Waals surface area contributed by atoms with Gasteiger partial charge in [-0.15, -0.1) is 0 Å². The molecule has 2 heterocycles. The zero-order valence-electron chi connectivity index (χ0n) is 27.6. The molecular weight excluding hydrogens is 594 g/mol. The van der Waals surface area contributed by atoms with E-state index >= 15 is 4.39 Å². The van der Waals surface area contributed by atoms with E-state index in [-0.39, 0.29) is 17.9 Å². The second kappa shape index (κ2) is 14.5. The number of hydrogen-bond donors (Lipinski definition) is 2. The normalized spacial score (nSPS) is 15.0.